The molecule has 28 heavy (non-hydrogen) atoms. The molecule has 6 heteroatoms. The molecule has 1 fully saturated rings. The van der Waals surface area contributed by atoms with Crippen LogP contribution in [0.5, 0.6) is 0 Å². The molecule has 148 valence electrons. The molecule has 6 nitrogen and oxygen atoms in total. The lowest BCUT2D eigenvalue weighted by Crippen LogP contribution is -2.40. The Balaban J connectivity index is 1.44. The molecule has 1 atom stereocenters. The largest absolute Gasteiger partial charge is 0.358 e. The number of fused-ring (bicyclic) bond motifs is 1. The Morgan fingerprint density at radius 2 is 2.21 bits per heavy atom. The molecule has 1 aliphatic rings. The van der Waals surface area contributed by atoms with E-state index in [0.717, 1.165) is 45.0 Å². The molecular weight excluding hydrogens is 348 g/mol. The predicted octanol–water partition coefficient (Wildman–Crippen LogP) is 3.21. The van der Waals surface area contributed by atoms with Crippen LogP contribution in [0.1, 0.15) is 36.1 Å². The van der Waals surface area contributed by atoms with Crippen LogP contribution in [0.3, 0.4) is 0 Å². The van der Waals surface area contributed by atoms with Crippen molar-refractivity contribution in [2.75, 3.05) is 26.2 Å². The van der Waals surface area contributed by atoms with Gasteiger partial charge < -0.3 is 15.2 Å². The monoisotopic (exact) mass is 378 g/mol. The molecule has 4 rings (SSSR count). The second-order valence-corrected chi connectivity index (χ2v) is 7.64. The summed E-state index contributed by atoms with van der Waals surface area (Å²) in [6.45, 7) is 8.01. The lowest BCUT2D eigenvalue weighted by atomic mass is 10.0. The summed E-state index contributed by atoms with van der Waals surface area (Å²) in [5.74, 6) is 1.57. The van der Waals surface area contributed by atoms with Crippen molar-refractivity contribution >= 4 is 16.9 Å². The van der Waals surface area contributed by atoms with E-state index >= 15 is 0 Å². The van der Waals surface area contributed by atoms with Crippen LogP contribution < -0.4 is 5.32 Å². The number of para-hydroxylation sites is 1. The van der Waals surface area contributed by atoms with Crippen LogP contribution >= 0.6 is 0 Å². The first-order chi connectivity index (χ1) is 13.7. The van der Waals surface area contributed by atoms with Gasteiger partial charge in [-0.1, -0.05) is 18.2 Å². The molecule has 0 amide bonds. The topological polar surface area (TPSA) is 61.2 Å². The number of hydrogen-bond acceptors (Lipinski definition) is 2. The third-order valence-corrected chi connectivity index (χ3v) is 5.67. The molecule has 0 aliphatic carbocycles. The van der Waals surface area contributed by atoms with E-state index in [1.807, 2.05) is 17.9 Å². The van der Waals surface area contributed by atoms with Gasteiger partial charge in [0.2, 0.25) is 0 Å². The van der Waals surface area contributed by atoms with Crippen LogP contribution in [0.2, 0.25) is 0 Å². The number of nitrogens with one attached hydrogen (secondary N) is 2. The zero-order valence-electron chi connectivity index (χ0n) is 17.1. The van der Waals surface area contributed by atoms with Gasteiger partial charge in [0.05, 0.1) is 6.20 Å². The number of H-pyrrole nitrogens is 1. The third-order valence-electron chi connectivity index (χ3n) is 5.67. The summed E-state index contributed by atoms with van der Waals surface area (Å²) in [6, 6.07) is 8.52. The molecule has 2 aromatic heterocycles. The summed E-state index contributed by atoms with van der Waals surface area (Å²) in [7, 11) is 1.98. The summed E-state index contributed by atoms with van der Waals surface area (Å²) < 4.78 is 1.89. The minimum atomic E-state index is 0.536. The molecule has 0 saturated carbocycles. The van der Waals surface area contributed by atoms with Crippen molar-refractivity contribution in [2.45, 2.75) is 32.6 Å². The Hall–Kier alpha value is -2.76. The van der Waals surface area contributed by atoms with Crippen molar-refractivity contribution in [2.24, 2.45) is 12.0 Å². The Morgan fingerprint density at radius 3 is 3.00 bits per heavy atom. The predicted molar refractivity (Wildman–Crippen MR) is 115 cm³/mol. The van der Waals surface area contributed by atoms with E-state index in [9.17, 15) is 0 Å². The number of aromatic amines is 1. The van der Waals surface area contributed by atoms with Crippen LogP contribution in [0.15, 0.2) is 41.7 Å². The summed E-state index contributed by atoms with van der Waals surface area (Å²) >= 11 is 0. The van der Waals surface area contributed by atoms with E-state index in [1.54, 1.807) is 0 Å². The number of aliphatic imine (C=N–C) groups is 1. The number of benzene rings is 1. The van der Waals surface area contributed by atoms with E-state index in [2.05, 4.69) is 64.6 Å². The second-order valence-electron chi connectivity index (χ2n) is 7.64. The van der Waals surface area contributed by atoms with Gasteiger partial charge in [-0.15, -0.1) is 0 Å². The number of aromatic nitrogens is 3. The van der Waals surface area contributed by atoms with Gasteiger partial charge in [0.25, 0.3) is 0 Å². The van der Waals surface area contributed by atoms with Crippen molar-refractivity contribution in [1.29, 1.82) is 0 Å². The molecule has 0 bridgehead atoms. The maximum Gasteiger partial charge on any atom is 0.193 e. The number of hydrogen-bond donors (Lipinski definition) is 2. The maximum absolute atomic E-state index is 4.95. The van der Waals surface area contributed by atoms with Crippen LogP contribution in [-0.2, 0) is 13.5 Å². The first kappa shape index (κ1) is 18.6. The van der Waals surface area contributed by atoms with Gasteiger partial charge in [-0.2, -0.15) is 5.10 Å². The van der Waals surface area contributed by atoms with E-state index in [4.69, 9.17) is 4.99 Å². The zero-order valence-corrected chi connectivity index (χ0v) is 17.1. The maximum atomic E-state index is 4.95. The number of guanidine groups is 1. The quantitative estimate of drug-likeness (QED) is 0.529. The standard InChI is InChI=1S/C22H30N6/c1-4-23-22(28-12-10-17(15-28)18-13-25-27(3)14-18)24-11-9-19-16(2)26-21-8-6-5-7-20(19)21/h5-8,13-14,17,26H,4,9-12,15H2,1-3H3,(H,23,24). The van der Waals surface area contributed by atoms with Crippen LogP contribution in [0, 0.1) is 6.92 Å². The van der Waals surface area contributed by atoms with Gasteiger partial charge in [-0.25, -0.2) is 0 Å². The highest BCUT2D eigenvalue weighted by Crippen LogP contribution is 2.27. The van der Waals surface area contributed by atoms with Crippen LogP contribution in [0.25, 0.3) is 10.9 Å². The molecule has 3 aromatic rings. The first-order valence-corrected chi connectivity index (χ1v) is 10.2. The van der Waals surface area contributed by atoms with Crippen molar-refractivity contribution in [1.82, 2.24) is 25.0 Å². The van der Waals surface area contributed by atoms with Gasteiger partial charge in [0, 0.05) is 61.9 Å². The average Bonchev–Trinajstić information content (AvgIpc) is 3.40. The second kappa shape index (κ2) is 8.09. The summed E-state index contributed by atoms with van der Waals surface area (Å²) in [4.78, 5) is 10.8. The van der Waals surface area contributed by atoms with Crippen LogP contribution in [-0.4, -0.2) is 51.8 Å². The van der Waals surface area contributed by atoms with Gasteiger partial charge >= 0.3 is 0 Å². The summed E-state index contributed by atoms with van der Waals surface area (Å²) in [6.07, 6.45) is 6.23. The molecule has 1 unspecified atom stereocenters. The van der Waals surface area contributed by atoms with Gasteiger partial charge in [-0.05, 0) is 43.9 Å². The highest BCUT2D eigenvalue weighted by molar-refractivity contribution is 5.84. The van der Waals surface area contributed by atoms with Crippen molar-refractivity contribution in [3.8, 4) is 0 Å². The lowest BCUT2D eigenvalue weighted by molar-refractivity contribution is 0.486. The van der Waals surface area contributed by atoms with Gasteiger partial charge in [0.15, 0.2) is 5.96 Å². The highest BCUT2D eigenvalue weighted by atomic mass is 15.3. The lowest BCUT2D eigenvalue weighted by Gasteiger charge is -2.21. The van der Waals surface area contributed by atoms with E-state index in [0.29, 0.717) is 5.92 Å². The van der Waals surface area contributed by atoms with E-state index in [1.165, 1.54) is 27.7 Å². The third kappa shape index (κ3) is 3.77. The first-order valence-electron chi connectivity index (χ1n) is 10.2. The fraction of sp³-hybridized carbons (Fsp3) is 0.455. The zero-order chi connectivity index (χ0) is 19.5. The fourth-order valence-corrected chi connectivity index (χ4v) is 4.23. The Bertz CT molecular complexity index is 966. The van der Waals surface area contributed by atoms with Gasteiger partial charge in [0.1, 0.15) is 0 Å². The molecule has 0 spiro atoms. The number of nitrogens with zero attached hydrogens (tertiary/aromatic N) is 4. The average molecular weight is 379 g/mol. The van der Waals surface area contributed by atoms with Crippen molar-refractivity contribution in [3.63, 3.8) is 0 Å². The Labute approximate surface area is 166 Å². The SMILES string of the molecule is CCNC(=NCCc1c(C)[nH]c2ccccc12)N1CCC(c2cnn(C)c2)C1. The molecule has 3 heterocycles. The van der Waals surface area contributed by atoms with E-state index in [-0.39, 0.29) is 0 Å². The number of aryl methyl sites for hydroxylation is 2. The summed E-state index contributed by atoms with van der Waals surface area (Å²) in [5, 5.41) is 9.13. The van der Waals surface area contributed by atoms with E-state index < -0.39 is 0 Å². The van der Waals surface area contributed by atoms with Crippen molar-refractivity contribution < 1.29 is 0 Å². The van der Waals surface area contributed by atoms with Gasteiger partial charge in [-0.3, -0.25) is 9.67 Å². The molecule has 2 N–H and O–H groups in total. The highest BCUT2D eigenvalue weighted by Gasteiger charge is 2.26. The number of likely N-dealkylation sites (tertiary alicyclic amines) is 1. The number of rotatable bonds is 5. The minimum absolute atomic E-state index is 0.536. The molecule has 1 aromatic carbocycles. The Morgan fingerprint density at radius 1 is 1.36 bits per heavy atom. The Kier molecular flexibility index (Phi) is 5.37. The molecular formula is C22H30N6. The fourth-order valence-electron chi connectivity index (χ4n) is 4.23. The molecule has 1 aliphatic heterocycles. The smallest absolute Gasteiger partial charge is 0.193 e. The van der Waals surface area contributed by atoms with Crippen LogP contribution in [0.4, 0.5) is 0 Å². The normalized spacial score (nSPS) is 17.6. The molecule has 1 saturated heterocycles. The molecule has 0 radical (unpaired) electrons. The minimum Gasteiger partial charge on any atom is -0.358 e. The van der Waals surface area contributed by atoms with Crippen molar-refractivity contribution in [3.05, 3.63) is 53.5 Å². The summed E-state index contributed by atoms with van der Waals surface area (Å²) in [5.41, 5.74) is 5.17.